The second kappa shape index (κ2) is 3.03. The minimum absolute atomic E-state index is 0.302. The lowest BCUT2D eigenvalue weighted by molar-refractivity contribution is 0.836. The monoisotopic (exact) mass is 171 g/mol. The quantitative estimate of drug-likeness (QED) is 0.627. The van der Waals surface area contributed by atoms with Gasteiger partial charge in [-0.05, 0) is 6.07 Å². The van der Waals surface area contributed by atoms with Gasteiger partial charge < -0.3 is 0 Å². The Morgan fingerprint density at radius 2 is 2.23 bits per heavy atom. The molecule has 0 aliphatic heterocycles. The van der Waals surface area contributed by atoms with Gasteiger partial charge >= 0.3 is 0 Å². The molecule has 0 saturated carbocycles. The van der Waals surface area contributed by atoms with Gasteiger partial charge in [0.1, 0.15) is 6.07 Å². The highest BCUT2D eigenvalue weighted by Crippen LogP contribution is 1.99. The minimum atomic E-state index is 0.302. The third kappa shape index (κ3) is 1.37. The summed E-state index contributed by atoms with van der Waals surface area (Å²) in [6.07, 6.45) is 6.33. The van der Waals surface area contributed by atoms with E-state index in [0.29, 0.717) is 11.5 Å². The summed E-state index contributed by atoms with van der Waals surface area (Å²) in [6.45, 7) is 0. The Balaban J connectivity index is 2.40. The molecule has 2 aromatic rings. The van der Waals surface area contributed by atoms with E-state index in [2.05, 4.69) is 15.1 Å². The number of rotatable bonds is 1. The summed E-state index contributed by atoms with van der Waals surface area (Å²) in [6, 6.07) is 3.69. The molecule has 62 valence electrons. The van der Waals surface area contributed by atoms with E-state index >= 15 is 0 Å². The van der Waals surface area contributed by atoms with Gasteiger partial charge in [0.15, 0.2) is 11.5 Å². The van der Waals surface area contributed by atoms with Gasteiger partial charge in [0.25, 0.3) is 0 Å². The molecule has 0 aromatic carbocycles. The second-order valence-corrected chi connectivity index (χ2v) is 2.32. The summed E-state index contributed by atoms with van der Waals surface area (Å²) in [7, 11) is 0. The fourth-order valence-electron chi connectivity index (χ4n) is 0.902. The van der Waals surface area contributed by atoms with E-state index in [1.54, 1.807) is 23.1 Å². The standard InChI is InChI=1S/C8H5N5/c9-4-7-5-11-8(6-10-7)13-3-1-2-12-13/h1-3,5-6H. The van der Waals surface area contributed by atoms with Crippen molar-refractivity contribution in [2.24, 2.45) is 0 Å². The van der Waals surface area contributed by atoms with Gasteiger partial charge in [0, 0.05) is 12.4 Å². The van der Waals surface area contributed by atoms with Crippen LogP contribution in [0.5, 0.6) is 0 Å². The van der Waals surface area contributed by atoms with Gasteiger partial charge in [-0.3, -0.25) is 0 Å². The predicted octanol–water partition coefficient (Wildman–Crippen LogP) is 0.534. The van der Waals surface area contributed by atoms with Crippen molar-refractivity contribution < 1.29 is 0 Å². The van der Waals surface area contributed by atoms with Gasteiger partial charge in [-0.25, -0.2) is 14.6 Å². The van der Waals surface area contributed by atoms with Crippen LogP contribution >= 0.6 is 0 Å². The Labute approximate surface area is 74.3 Å². The lowest BCUT2D eigenvalue weighted by Crippen LogP contribution is -1.99. The first-order valence-corrected chi connectivity index (χ1v) is 3.62. The van der Waals surface area contributed by atoms with Crippen LogP contribution in [0.25, 0.3) is 5.82 Å². The van der Waals surface area contributed by atoms with E-state index in [0.717, 1.165) is 0 Å². The molecule has 0 saturated heterocycles. The van der Waals surface area contributed by atoms with Crippen molar-refractivity contribution in [3.8, 4) is 11.9 Å². The highest BCUT2D eigenvalue weighted by molar-refractivity contribution is 5.22. The molecule has 0 radical (unpaired) electrons. The zero-order chi connectivity index (χ0) is 9.10. The summed E-state index contributed by atoms with van der Waals surface area (Å²) in [4.78, 5) is 7.88. The van der Waals surface area contributed by atoms with Crippen LogP contribution in [0, 0.1) is 11.3 Å². The van der Waals surface area contributed by atoms with E-state index < -0.39 is 0 Å². The Hall–Kier alpha value is -2.22. The zero-order valence-electron chi connectivity index (χ0n) is 6.62. The van der Waals surface area contributed by atoms with E-state index in [4.69, 9.17) is 5.26 Å². The average Bonchev–Trinajstić information content (AvgIpc) is 2.71. The van der Waals surface area contributed by atoms with Gasteiger partial charge in [0.2, 0.25) is 0 Å². The SMILES string of the molecule is N#Cc1cnc(-n2cccn2)cn1. The number of hydrogen-bond donors (Lipinski definition) is 0. The summed E-state index contributed by atoms with van der Waals surface area (Å²) < 4.78 is 1.58. The summed E-state index contributed by atoms with van der Waals surface area (Å²) >= 11 is 0. The first-order valence-electron chi connectivity index (χ1n) is 3.62. The van der Waals surface area contributed by atoms with E-state index in [1.807, 2.05) is 6.07 Å². The number of nitriles is 1. The van der Waals surface area contributed by atoms with Crippen molar-refractivity contribution in [2.45, 2.75) is 0 Å². The topological polar surface area (TPSA) is 67.4 Å². The van der Waals surface area contributed by atoms with Crippen LogP contribution in [-0.2, 0) is 0 Å². The van der Waals surface area contributed by atoms with E-state index in [9.17, 15) is 0 Å². The first-order chi connectivity index (χ1) is 6.40. The second-order valence-electron chi connectivity index (χ2n) is 2.32. The Morgan fingerprint density at radius 1 is 1.31 bits per heavy atom. The first kappa shape index (κ1) is 7.43. The van der Waals surface area contributed by atoms with Crippen molar-refractivity contribution >= 4 is 0 Å². The molecule has 2 aromatic heterocycles. The molecule has 0 N–H and O–H groups in total. The fourth-order valence-corrected chi connectivity index (χ4v) is 0.902. The number of aromatic nitrogens is 4. The molecule has 5 nitrogen and oxygen atoms in total. The molecular weight excluding hydrogens is 166 g/mol. The summed E-state index contributed by atoms with van der Waals surface area (Å²) in [5, 5.41) is 12.5. The molecule has 2 rings (SSSR count). The zero-order valence-corrected chi connectivity index (χ0v) is 6.62. The molecule has 0 atom stereocenters. The minimum Gasteiger partial charge on any atom is -0.240 e. The maximum atomic E-state index is 8.48. The summed E-state index contributed by atoms with van der Waals surface area (Å²) in [5.74, 6) is 0.601. The molecule has 0 amide bonds. The van der Waals surface area contributed by atoms with Crippen molar-refractivity contribution in [1.82, 2.24) is 19.7 Å². The molecule has 0 fully saturated rings. The fraction of sp³-hybridized carbons (Fsp3) is 0. The molecular formula is C8H5N5. The van der Waals surface area contributed by atoms with Crippen LogP contribution in [0.4, 0.5) is 0 Å². The van der Waals surface area contributed by atoms with Crippen LogP contribution < -0.4 is 0 Å². The predicted molar refractivity (Wildman–Crippen MR) is 43.9 cm³/mol. The molecule has 2 heterocycles. The van der Waals surface area contributed by atoms with E-state index in [1.165, 1.54) is 12.4 Å². The Kier molecular flexibility index (Phi) is 1.73. The lowest BCUT2D eigenvalue weighted by atomic mass is 10.5. The van der Waals surface area contributed by atoms with Gasteiger partial charge in [-0.1, -0.05) is 0 Å². The maximum Gasteiger partial charge on any atom is 0.171 e. The van der Waals surface area contributed by atoms with Crippen molar-refractivity contribution in [3.63, 3.8) is 0 Å². The Morgan fingerprint density at radius 3 is 2.77 bits per heavy atom. The summed E-state index contributed by atoms with van der Waals surface area (Å²) in [5.41, 5.74) is 0.302. The molecule has 5 heteroatoms. The highest BCUT2D eigenvalue weighted by Gasteiger charge is 1.97. The molecule has 0 aliphatic carbocycles. The lowest BCUT2D eigenvalue weighted by Gasteiger charge is -1.97. The van der Waals surface area contributed by atoms with Crippen LogP contribution in [0.3, 0.4) is 0 Å². The molecule has 0 spiro atoms. The molecule has 0 aliphatic rings. The van der Waals surface area contributed by atoms with Gasteiger partial charge in [-0.2, -0.15) is 10.4 Å². The highest BCUT2D eigenvalue weighted by atomic mass is 15.3. The van der Waals surface area contributed by atoms with Crippen LogP contribution in [0.1, 0.15) is 5.69 Å². The smallest absolute Gasteiger partial charge is 0.171 e. The van der Waals surface area contributed by atoms with Crippen molar-refractivity contribution in [3.05, 3.63) is 36.5 Å². The van der Waals surface area contributed by atoms with Crippen molar-refractivity contribution in [1.29, 1.82) is 5.26 Å². The molecule has 0 bridgehead atoms. The van der Waals surface area contributed by atoms with Gasteiger partial charge in [0.05, 0.1) is 12.4 Å². The normalized spacial score (nSPS) is 9.46. The van der Waals surface area contributed by atoms with Crippen LogP contribution in [0.15, 0.2) is 30.9 Å². The average molecular weight is 171 g/mol. The van der Waals surface area contributed by atoms with Crippen molar-refractivity contribution in [2.75, 3.05) is 0 Å². The Bertz CT molecular complexity index is 423. The largest absolute Gasteiger partial charge is 0.240 e. The number of hydrogen-bond acceptors (Lipinski definition) is 4. The third-order valence-corrected chi connectivity index (χ3v) is 1.49. The third-order valence-electron chi connectivity index (χ3n) is 1.49. The van der Waals surface area contributed by atoms with Gasteiger partial charge in [-0.15, -0.1) is 0 Å². The maximum absolute atomic E-state index is 8.48. The van der Waals surface area contributed by atoms with Crippen LogP contribution in [-0.4, -0.2) is 19.7 Å². The molecule has 13 heavy (non-hydrogen) atoms. The molecule has 0 unspecified atom stereocenters. The number of nitrogens with zero attached hydrogens (tertiary/aromatic N) is 5. The van der Waals surface area contributed by atoms with Crippen LogP contribution in [0.2, 0.25) is 0 Å². The van der Waals surface area contributed by atoms with E-state index in [-0.39, 0.29) is 0 Å².